The van der Waals surface area contributed by atoms with Crippen LogP contribution in [-0.2, 0) is 4.79 Å². The zero-order valence-electron chi connectivity index (χ0n) is 15.9. The third-order valence-electron chi connectivity index (χ3n) is 5.29. The van der Waals surface area contributed by atoms with Gasteiger partial charge < -0.3 is 19.9 Å². The highest BCUT2D eigenvalue weighted by atomic mass is 16.5. The highest BCUT2D eigenvalue weighted by molar-refractivity contribution is 5.81. The van der Waals surface area contributed by atoms with Crippen molar-refractivity contribution >= 4 is 11.9 Å². The van der Waals surface area contributed by atoms with Gasteiger partial charge in [0.05, 0.1) is 0 Å². The second-order valence-corrected chi connectivity index (χ2v) is 7.47. The Morgan fingerprint density at radius 1 is 1.19 bits per heavy atom. The molecule has 3 rings (SSSR count). The van der Waals surface area contributed by atoms with Crippen LogP contribution in [0.5, 0.6) is 5.75 Å². The molecule has 3 amide bonds. The summed E-state index contributed by atoms with van der Waals surface area (Å²) in [6.07, 6.45) is 1.15. The van der Waals surface area contributed by atoms with E-state index in [9.17, 15) is 9.59 Å². The Morgan fingerprint density at radius 2 is 1.92 bits per heavy atom. The van der Waals surface area contributed by atoms with E-state index in [-0.39, 0.29) is 18.0 Å². The van der Waals surface area contributed by atoms with Crippen LogP contribution in [0.15, 0.2) is 24.3 Å². The Labute approximate surface area is 155 Å². The monoisotopic (exact) mass is 359 g/mol. The Bertz CT molecular complexity index is 653. The van der Waals surface area contributed by atoms with Gasteiger partial charge in [-0.05, 0) is 43.4 Å². The maximum atomic E-state index is 12.7. The largest absolute Gasteiger partial charge is 0.481 e. The second kappa shape index (κ2) is 7.98. The van der Waals surface area contributed by atoms with Gasteiger partial charge in [0.25, 0.3) is 5.91 Å². The molecule has 0 spiro atoms. The Hall–Kier alpha value is -2.24. The van der Waals surface area contributed by atoms with Gasteiger partial charge >= 0.3 is 6.03 Å². The van der Waals surface area contributed by atoms with Crippen LogP contribution in [0.1, 0.15) is 45.1 Å². The van der Waals surface area contributed by atoms with Crippen LogP contribution in [0.3, 0.4) is 0 Å². The predicted octanol–water partition coefficient (Wildman–Crippen LogP) is 2.59. The molecule has 0 unspecified atom stereocenters. The third-order valence-corrected chi connectivity index (χ3v) is 5.29. The highest BCUT2D eigenvalue weighted by Gasteiger charge is 2.33. The summed E-state index contributed by atoms with van der Waals surface area (Å²) >= 11 is 0. The summed E-state index contributed by atoms with van der Waals surface area (Å²) in [6.45, 7) is 8.92. The number of benzene rings is 1. The van der Waals surface area contributed by atoms with Gasteiger partial charge in [-0.2, -0.15) is 0 Å². The standard InChI is InChI=1S/C20H29N3O3/c1-14(2)16-5-4-6-18(13-16)26-15(3)19(24)22-10-7-17(8-11-22)23-12-9-21-20(23)25/h4-6,13-15,17H,7-12H2,1-3H3,(H,21,25)/t15-/m0/s1. The van der Waals surface area contributed by atoms with Crippen molar-refractivity contribution in [3.8, 4) is 5.75 Å². The second-order valence-electron chi connectivity index (χ2n) is 7.47. The Balaban J connectivity index is 1.53. The number of carbonyl (C=O) groups excluding carboxylic acids is 2. The number of amides is 3. The van der Waals surface area contributed by atoms with E-state index in [0.717, 1.165) is 31.7 Å². The van der Waals surface area contributed by atoms with E-state index in [4.69, 9.17) is 4.74 Å². The SMILES string of the molecule is CC(C)c1cccc(O[C@@H](C)C(=O)N2CCC(N3CCNC3=O)CC2)c1. The minimum Gasteiger partial charge on any atom is -0.481 e. The van der Waals surface area contributed by atoms with Gasteiger partial charge in [0.1, 0.15) is 5.75 Å². The molecular weight excluding hydrogens is 330 g/mol. The molecule has 2 aliphatic rings. The lowest BCUT2D eigenvalue weighted by Crippen LogP contribution is -2.50. The number of piperidine rings is 1. The summed E-state index contributed by atoms with van der Waals surface area (Å²) < 4.78 is 5.90. The number of hydrogen-bond acceptors (Lipinski definition) is 3. The molecule has 1 aromatic rings. The van der Waals surface area contributed by atoms with E-state index in [2.05, 4.69) is 25.2 Å². The van der Waals surface area contributed by atoms with Gasteiger partial charge in [-0.25, -0.2) is 4.79 Å². The Kier molecular flexibility index (Phi) is 5.69. The van der Waals surface area contributed by atoms with Crippen molar-refractivity contribution in [3.63, 3.8) is 0 Å². The highest BCUT2D eigenvalue weighted by Crippen LogP contribution is 2.23. The first-order valence-corrected chi connectivity index (χ1v) is 9.55. The summed E-state index contributed by atoms with van der Waals surface area (Å²) in [5.74, 6) is 1.18. The third kappa shape index (κ3) is 4.11. The summed E-state index contributed by atoms with van der Waals surface area (Å²) in [4.78, 5) is 28.3. The predicted molar refractivity (Wildman–Crippen MR) is 100 cm³/mol. The molecule has 0 aromatic heterocycles. The fourth-order valence-electron chi connectivity index (χ4n) is 3.69. The van der Waals surface area contributed by atoms with Crippen molar-refractivity contribution < 1.29 is 14.3 Å². The van der Waals surface area contributed by atoms with Crippen molar-refractivity contribution in [2.45, 2.75) is 51.7 Å². The van der Waals surface area contributed by atoms with E-state index < -0.39 is 6.10 Å². The molecule has 0 bridgehead atoms. The molecule has 2 aliphatic heterocycles. The topological polar surface area (TPSA) is 61.9 Å². The number of ether oxygens (including phenoxy) is 1. The van der Waals surface area contributed by atoms with Crippen LogP contribution >= 0.6 is 0 Å². The lowest BCUT2D eigenvalue weighted by Gasteiger charge is -2.37. The van der Waals surface area contributed by atoms with E-state index >= 15 is 0 Å². The molecule has 6 nitrogen and oxygen atoms in total. The lowest BCUT2D eigenvalue weighted by atomic mass is 10.0. The molecule has 0 radical (unpaired) electrons. The molecule has 1 aromatic carbocycles. The van der Waals surface area contributed by atoms with E-state index in [0.29, 0.717) is 19.0 Å². The number of nitrogens with one attached hydrogen (secondary N) is 1. The smallest absolute Gasteiger partial charge is 0.317 e. The maximum Gasteiger partial charge on any atom is 0.317 e. The average Bonchev–Trinajstić information content (AvgIpc) is 3.07. The number of likely N-dealkylation sites (tertiary alicyclic amines) is 1. The first kappa shape index (κ1) is 18.5. The number of hydrogen-bond donors (Lipinski definition) is 1. The van der Waals surface area contributed by atoms with Crippen molar-refractivity contribution in [2.24, 2.45) is 0 Å². The van der Waals surface area contributed by atoms with Crippen molar-refractivity contribution in [1.82, 2.24) is 15.1 Å². The van der Waals surface area contributed by atoms with E-state index in [1.54, 1.807) is 0 Å². The Morgan fingerprint density at radius 3 is 2.54 bits per heavy atom. The minimum absolute atomic E-state index is 0.0178. The molecule has 1 atom stereocenters. The molecule has 2 saturated heterocycles. The summed E-state index contributed by atoms with van der Waals surface area (Å²) in [5.41, 5.74) is 1.20. The maximum absolute atomic E-state index is 12.7. The number of rotatable bonds is 5. The summed E-state index contributed by atoms with van der Waals surface area (Å²) in [6, 6.07) is 8.20. The van der Waals surface area contributed by atoms with Gasteiger partial charge in [0.15, 0.2) is 6.10 Å². The zero-order chi connectivity index (χ0) is 18.7. The van der Waals surface area contributed by atoms with Gasteiger partial charge in [0, 0.05) is 32.2 Å². The van der Waals surface area contributed by atoms with Crippen LogP contribution in [0.25, 0.3) is 0 Å². The molecule has 6 heteroatoms. The van der Waals surface area contributed by atoms with E-state index in [1.807, 2.05) is 34.9 Å². The van der Waals surface area contributed by atoms with Crippen LogP contribution in [0, 0.1) is 0 Å². The first-order chi connectivity index (χ1) is 12.5. The molecule has 26 heavy (non-hydrogen) atoms. The van der Waals surface area contributed by atoms with Gasteiger partial charge in [-0.15, -0.1) is 0 Å². The summed E-state index contributed by atoms with van der Waals surface area (Å²) in [7, 11) is 0. The van der Waals surface area contributed by atoms with Gasteiger partial charge in [0.2, 0.25) is 0 Å². The molecule has 142 valence electrons. The summed E-state index contributed by atoms with van der Waals surface area (Å²) in [5, 5.41) is 2.85. The van der Waals surface area contributed by atoms with Crippen molar-refractivity contribution in [3.05, 3.63) is 29.8 Å². The van der Waals surface area contributed by atoms with Crippen LogP contribution in [-0.4, -0.2) is 60.1 Å². The quantitative estimate of drug-likeness (QED) is 0.879. The fraction of sp³-hybridized carbons (Fsp3) is 0.600. The average molecular weight is 359 g/mol. The minimum atomic E-state index is -0.510. The van der Waals surface area contributed by atoms with Crippen LogP contribution in [0.4, 0.5) is 4.79 Å². The number of nitrogens with zero attached hydrogens (tertiary/aromatic N) is 2. The molecule has 0 saturated carbocycles. The normalized spacial score (nSPS) is 19.6. The van der Waals surface area contributed by atoms with Gasteiger partial charge in [-0.3, -0.25) is 4.79 Å². The molecular formula is C20H29N3O3. The molecule has 1 N–H and O–H groups in total. The van der Waals surface area contributed by atoms with E-state index in [1.165, 1.54) is 5.56 Å². The van der Waals surface area contributed by atoms with Crippen molar-refractivity contribution in [2.75, 3.05) is 26.2 Å². The fourth-order valence-corrected chi connectivity index (χ4v) is 3.69. The van der Waals surface area contributed by atoms with Crippen LogP contribution in [0.2, 0.25) is 0 Å². The van der Waals surface area contributed by atoms with Crippen molar-refractivity contribution in [1.29, 1.82) is 0 Å². The first-order valence-electron chi connectivity index (χ1n) is 9.55. The molecule has 2 fully saturated rings. The lowest BCUT2D eigenvalue weighted by molar-refractivity contribution is -0.139. The molecule has 2 heterocycles. The number of urea groups is 1. The zero-order valence-corrected chi connectivity index (χ0v) is 15.9. The number of carbonyl (C=O) groups is 2. The van der Waals surface area contributed by atoms with Gasteiger partial charge in [-0.1, -0.05) is 26.0 Å². The van der Waals surface area contributed by atoms with Crippen LogP contribution < -0.4 is 10.1 Å². The molecule has 0 aliphatic carbocycles.